The fourth-order valence-corrected chi connectivity index (χ4v) is 5.14. The lowest BCUT2D eigenvalue weighted by molar-refractivity contribution is -0.137. The van der Waals surface area contributed by atoms with Crippen LogP contribution in [0, 0.1) is 11.7 Å². The van der Waals surface area contributed by atoms with E-state index < -0.39 is 15.8 Å². The van der Waals surface area contributed by atoms with Gasteiger partial charge in [0.25, 0.3) is 0 Å². The van der Waals surface area contributed by atoms with Gasteiger partial charge in [-0.1, -0.05) is 12.1 Å². The van der Waals surface area contributed by atoms with Crippen molar-refractivity contribution in [3.8, 4) is 0 Å². The highest BCUT2D eigenvalue weighted by molar-refractivity contribution is 7.89. The summed E-state index contributed by atoms with van der Waals surface area (Å²) in [6.45, 7) is 1.76. The first-order valence-corrected chi connectivity index (χ1v) is 10.1. The van der Waals surface area contributed by atoms with E-state index in [1.54, 1.807) is 4.90 Å². The Morgan fingerprint density at radius 2 is 1.77 bits per heavy atom. The molecule has 2 N–H and O–H groups in total. The Labute approximate surface area is 160 Å². The van der Waals surface area contributed by atoms with Crippen molar-refractivity contribution < 1.29 is 17.6 Å². The molecule has 26 heavy (non-hydrogen) atoms. The van der Waals surface area contributed by atoms with Gasteiger partial charge in [0, 0.05) is 38.1 Å². The van der Waals surface area contributed by atoms with Crippen LogP contribution >= 0.6 is 12.4 Å². The summed E-state index contributed by atoms with van der Waals surface area (Å²) in [4.78, 5) is 14.1. The minimum Gasteiger partial charge on any atom is -0.341 e. The Morgan fingerprint density at radius 3 is 2.38 bits per heavy atom. The summed E-state index contributed by atoms with van der Waals surface area (Å²) < 4.78 is 40.3. The number of nitrogens with two attached hydrogens (primary N) is 1. The molecule has 2 aliphatic heterocycles. The van der Waals surface area contributed by atoms with E-state index in [-0.39, 0.29) is 48.3 Å². The number of halogens is 2. The van der Waals surface area contributed by atoms with Crippen molar-refractivity contribution in [1.29, 1.82) is 0 Å². The van der Waals surface area contributed by atoms with E-state index in [1.165, 1.54) is 22.5 Å². The lowest BCUT2D eigenvalue weighted by atomic mass is 9.95. The summed E-state index contributed by atoms with van der Waals surface area (Å²) in [6.07, 6.45) is 2.76. The number of likely N-dealkylation sites (tertiary alicyclic amines) is 1. The molecule has 2 saturated heterocycles. The van der Waals surface area contributed by atoms with E-state index in [0.29, 0.717) is 19.4 Å². The van der Waals surface area contributed by atoms with Crippen molar-refractivity contribution in [3.63, 3.8) is 0 Å². The smallest absolute Gasteiger partial charge is 0.245 e. The van der Waals surface area contributed by atoms with E-state index in [9.17, 15) is 17.6 Å². The maximum atomic E-state index is 13.8. The highest BCUT2D eigenvalue weighted by Gasteiger charge is 2.35. The SMILES string of the molecule is Cl.NC1CCCN(C(=O)C2CCN(S(=O)(=O)c3ccccc3F)CC2)C1. The third kappa shape index (κ3) is 4.36. The number of sulfonamides is 1. The fourth-order valence-electron chi connectivity index (χ4n) is 3.60. The van der Waals surface area contributed by atoms with Gasteiger partial charge in [-0.05, 0) is 37.8 Å². The number of carbonyl (C=O) groups excluding carboxylic acids is 1. The van der Waals surface area contributed by atoms with Gasteiger partial charge >= 0.3 is 0 Å². The van der Waals surface area contributed by atoms with Gasteiger partial charge in [0.2, 0.25) is 15.9 Å². The second-order valence-electron chi connectivity index (χ2n) is 6.80. The maximum absolute atomic E-state index is 13.8. The van der Waals surface area contributed by atoms with Crippen LogP contribution in [0.15, 0.2) is 29.2 Å². The topological polar surface area (TPSA) is 83.7 Å². The predicted molar refractivity (Wildman–Crippen MR) is 98.9 cm³/mol. The van der Waals surface area contributed by atoms with Gasteiger partial charge in [0.1, 0.15) is 10.7 Å². The summed E-state index contributed by atoms with van der Waals surface area (Å²) in [7, 11) is -3.86. The van der Waals surface area contributed by atoms with Crippen LogP contribution in [0.5, 0.6) is 0 Å². The van der Waals surface area contributed by atoms with Crippen molar-refractivity contribution in [2.75, 3.05) is 26.2 Å². The maximum Gasteiger partial charge on any atom is 0.245 e. The van der Waals surface area contributed by atoms with Crippen molar-refractivity contribution in [1.82, 2.24) is 9.21 Å². The first-order valence-electron chi connectivity index (χ1n) is 8.68. The lowest BCUT2D eigenvalue weighted by Gasteiger charge is -2.36. The van der Waals surface area contributed by atoms with Gasteiger partial charge in [-0.25, -0.2) is 12.8 Å². The lowest BCUT2D eigenvalue weighted by Crippen LogP contribution is -2.50. The normalized spacial score (nSPS) is 22.7. The van der Waals surface area contributed by atoms with Crippen molar-refractivity contribution in [2.45, 2.75) is 36.6 Å². The number of hydrogen-bond donors (Lipinski definition) is 1. The quantitative estimate of drug-likeness (QED) is 0.827. The predicted octanol–water partition coefficient (Wildman–Crippen LogP) is 1.60. The van der Waals surface area contributed by atoms with Crippen LogP contribution in [0.3, 0.4) is 0 Å². The second kappa shape index (κ2) is 8.65. The molecule has 0 saturated carbocycles. The summed E-state index contributed by atoms with van der Waals surface area (Å²) in [5.74, 6) is -0.863. The average Bonchev–Trinajstić information content (AvgIpc) is 2.61. The molecule has 1 amide bonds. The molecule has 0 aromatic heterocycles. The number of amides is 1. The average molecular weight is 406 g/mol. The van der Waals surface area contributed by atoms with E-state index in [0.717, 1.165) is 25.5 Å². The first kappa shape index (κ1) is 21.1. The minimum atomic E-state index is -3.86. The molecule has 0 spiro atoms. The van der Waals surface area contributed by atoms with Gasteiger partial charge < -0.3 is 10.6 Å². The second-order valence-corrected chi connectivity index (χ2v) is 8.70. The molecule has 1 aromatic rings. The molecule has 9 heteroatoms. The minimum absolute atomic E-state index is 0. The standard InChI is InChI=1S/C17H24FN3O3S.ClH/c18-15-5-1-2-6-16(15)25(23,24)21-10-7-13(8-11-21)17(22)20-9-3-4-14(19)12-20;/h1-2,5-6,13-14H,3-4,7-12,19H2;1H. The van der Waals surface area contributed by atoms with E-state index in [4.69, 9.17) is 5.73 Å². The van der Waals surface area contributed by atoms with Crippen LogP contribution in [0.1, 0.15) is 25.7 Å². The monoisotopic (exact) mass is 405 g/mol. The number of hydrogen-bond acceptors (Lipinski definition) is 4. The summed E-state index contributed by atoms with van der Waals surface area (Å²) in [6, 6.07) is 5.41. The van der Waals surface area contributed by atoms with Gasteiger partial charge in [0.15, 0.2) is 0 Å². The van der Waals surface area contributed by atoms with Gasteiger partial charge in [-0.2, -0.15) is 4.31 Å². The molecule has 1 unspecified atom stereocenters. The van der Waals surface area contributed by atoms with Crippen LogP contribution in [0.25, 0.3) is 0 Å². The van der Waals surface area contributed by atoms with E-state index in [2.05, 4.69) is 0 Å². The molecule has 1 aromatic carbocycles. The number of rotatable bonds is 3. The van der Waals surface area contributed by atoms with Crippen LogP contribution in [-0.4, -0.2) is 55.8 Å². The van der Waals surface area contributed by atoms with Crippen LogP contribution in [0.2, 0.25) is 0 Å². The summed E-state index contributed by atoms with van der Waals surface area (Å²) in [5.41, 5.74) is 5.93. The Hall–Kier alpha value is -1.22. The molecule has 0 aliphatic carbocycles. The Balaban J connectivity index is 0.00000243. The highest BCUT2D eigenvalue weighted by atomic mass is 35.5. The van der Waals surface area contributed by atoms with Gasteiger partial charge in [0.05, 0.1) is 0 Å². The molecule has 3 rings (SSSR count). The number of piperidine rings is 2. The Kier molecular flexibility index (Phi) is 7.01. The van der Waals surface area contributed by atoms with Crippen molar-refractivity contribution in [2.24, 2.45) is 11.7 Å². The largest absolute Gasteiger partial charge is 0.341 e. The Bertz CT molecular complexity index is 739. The van der Waals surface area contributed by atoms with Gasteiger partial charge in [-0.15, -0.1) is 12.4 Å². The number of carbonyl (C=O) groups is 1. The molecule has 1 atom stereocenters. The number of benzene rings is 1. The van der Waals surface area contributed by atoms with Crippen molar-refractivity contribution in [3.05, 3.63) is 30.1 Å². The van der Waals surface area contributed by atoms with Crippen LogP contribution in [-0.2, 0) is 14.8 Å². The molecule has 0 bridgehead atoms. The number of nitrogens with zero attached hydrogens (tertiary/aromatic N) is 2. The zero-order valence-electron chi connectivity index (χ0n) is 14.5. The molecular formula is C17H25ClFN3O3S. The van der Waals surface area contributed by atoms with Crippen LogP contribution in [0.4, 0.5) is 4.39 Å². The summed E-state index contributed by atoms with van der Waals surface area (Å²) in [5, 5.41) is 0. The Morgan fingerprint density at radius 1 is 1.12 bits per heavy atom. The molecular weight excluding hydrogens is 381 g/mol. The molecule has 2 aliphatic rings. The fraction of sp³-hybridized carbons (Fsp3) is 0.588. The van der Waals surface area contributed by atoms with Crippen molar-refractivity contribution >= 4 is 28.3 Å². The molecule has 146 valence electrons. The third-order valence-corrected chi connectivity index (χ3v) is 6.96. The molecule has 2 fully saturated rings. The first-order chi connectivity index (χ1) is 11.9. The van der Waals surface area contributed by atoms with Gasteiger partial charge in [-0.3, -0.25) is 4.79 Å². The zero-order chi connectivity index (χ0) is 18.0. The highest BCUT2D eigenvalue weighted by Crippen LogP contribution is 2.27. The van der Waals surface area contributed by atoms with E-state index >= 15 is 0 Å². The molecule has 2 heterocycles. The zero-order valence-corrected chi connectivity index (χ0v) is 16.1. The molecule has 6 nitrogen and oxygen atoms in total. The third-order valence-electron chi connectivity index (χ3n) is 5.03. The summed E-state index contributed by atoms with van der Waals surface area (Å²) >= 11 is 0. The van der Waals surface area contributed by atoms with E-state index in [1.807, 2.05) is 0 Å². The molecule has 0 radical (unpaired) electrons. The van der Waals surface area contributed by atoms with Crippen LogP contribution < -0.4 is 5.73 Å².